The molecule has 2 aliphatic carbocycles. The fourth-order valence-corrected chi connectivity index (χ4v) is 5.53. The fourth-order valence-electron chi connectivity index (χ4n) is 5.53. The van der Waals surface area contributed by atoms with Crippen molar-refractivity contribution >= 4 is 46.7 Å². The van der Waals surface area contributed by atoms with E-state index in [4.69, 9.17) is 4.74 Å². The van der Waals surface area contributed by atoms with Gasteiger partial charge in [-0.3, -0.25) is 24.1 Å². The maximum Gasteiger partial charge on any atom is 0.338 e. The second kappa shape index (κ2) is 9.07. The lowest BCUT2D eigenvalue weighted by Crippen LogP contribution is -2.33. The Bertz CT molecular complexity index is 1300. The third-order valence-electron chi connectivity index (χ3n) is 7.07. The van der Waals surface area contributed by atoms with Crippen LogP contribution >= 0.6 is 0 Å². The Hall–Kier alpha value is -4.27. The van der Waals surface area contributed by atoms with E-state index in [1.54, 1.807) is 36.4 Å². The van der Waals surface area contributed by atoms with Crippen molar-refractivity contribution in [2.75, 3.05) is 22.1 Å². The van der Waals surface area contributed by atoms with Crippen LogP contribution in [0, 0.1) is 23.7 Å². The van der Waals surface area contributed by atoms with Gasteiger partial charge in [-0.05, 0) is 73.7 Å². The minimum Gasteiger partial charge on any atom is -0.452 e. The average Bonchev–Trinajstić information content (AvgIpc) is 3.48. The molecule has 36 heavy (non-hydrogen) atoms. The summed E-state index contributed by atoms with van der Waals surface area (Å²) < 4.78 is 5.09. The van der Waals surface area contributed by atoms with Crippen molar-refractivity contribution in [2.45, 2.75) is 20.3 Å². The molecule has 0 aromatic heterocycles. The van der Waals surface area contributed by atoms with E-state index in [0.717, 1.165) is 6.42 Å². The van der Waals surface area contributed by atoms with Gasteiger partial charge in [0.25, 0.3) is 5.91 Å². The zero-order valence-corrected chi connectivity index (χ0v) is 19.8. The summed E-state index contributed by atoms with van der Waals surface area (Å²) in [5.41, 5.74) is 2.89. The number of fused-ring (bicyclic) bond motifs is 5. The molecule has 4 atom stereocenters. The number of rotatable bonds is 6. The first-order chi connectivity index (χ1) is 17.2. The van der Waals surface area contributed by atoms with Gasteiger partial charge >= 0.3 is 5.97 Å². The minimum absolute atomic E-state index is 0.122. The van der Waals surface area contributed by atoms with Crippen LogP contribution in [0.3, 0.4) is 0 Å². The number of anilines is 3. The highest BCUT2D eigenvalue weighted by atomic mass is 16.5. The number of ether oxygens (including phenoxy) is 1. The number of imide groups is 1. The van der Waals surface area contributed by atoms with Gasteiger partial charge in [0, 0.05) is 18.3 Å². The van der Waals surface area contributed by atoms with Crippen molar-refractivity contribution < 1.29 is 28.7 Å². The number of allylic oxidation sites excluding steroid dienone is 2. The van der Waals surface area contributed by atoms with Gasteiger partial charge in [0.15, 0.2) is 6.61 Å². The standard InChI is InChI=1S/C27H25N3O6/c1-14-11-17-12-21(14)24-23(17)25(33)30(26(24)34)20-9-3-16(4-10-20)27(35)36-13-22(32)29-19-7-5-18(6-8-19)28-15(2)31/h3-11,17,21,23-24H,12-13H2,1-2H3,(H,28,31)(H,29,32)/t17-,21+,23+,24+/m0/s1. The fraction of sp³-hybridized carbons (Fsp3) is 0.296. The first kappa shape index (κ1) is 23.5. The summed E-state index contributed by atoms with van der Waals surface area (Å²) in [6, 6.07) is 12.5. The molecule has 9 nitrogen and oxygen atoms in total. The first-order valence-corrected chi connectivity index (χ1v) is 11.7. The van der Waals surface area contributed by atoms with Crippen LogP contribution in [0.25, 0.3) is 0 Å². The second-order valence-corrected chi connectivity index (χ2v) is 9.41. The first-order valence-electron chi connectivity index (χ1n) is 11.7. The van der Waals surface area contributed by atoms with Crippen LogP contribution < -0.4 is 15.5 Å². The van der Waals surface area contributed by atoms with Crippen molar-refractivity contribution in [3.05, 3.63) is 65.7 Å². The third-order valence-corrected chi connectivity index (χ3v) is 7.07. The van der Waals surface area contributed by atoms with Gasteiger partial charge in [-0.15, -0.1) is 0 Å². The topological polar surface area (TPSA) is 122 Å². The Morgan fingerprint density at radius 3 is 2.17 bits per heavy atom. The van der Waals surface area contributed by atoms with Crippen LogP contribution in [0.5, 0.6) is 0 Å². The van der Waals surface area contributed by atoms with Crippen LogP contribution in [-0.2, 0) is 23.9 Å². The number of carbonyl (C=O) groups is 5. The SMILES string of the molecule is CC(=O)Nc1ccc(NC(=O)COC(=O)c2ccc(N3C(=O)[C@H]4[C@H](C3=O)[C@H]3C=C(C)[C@H]4C3)cc2)cc1. The van der Waals surface area contributed by atoms with Crippen molar-refractivity contribution in [1.82, 2.24) is 0 Å². The van der Waals surface area contributed by atoms with Gasteiger partial charge in [0.2, 0.25) is 17.7 Å². The largest absolute Gasteiger partial charge is 0.452 e. The molecule has 0 radical (unpaired) electrons. The molecule has 3 aliphatic rings. The number of nitrogens with zero attached hydrogens (tertiary/aromatic N) is 1. The maximum absolute atomic E-state index is 13.1. The van der Waals surface area contributed by atoms with E-state index in [1.807, 2.05) is 6.92 Å². The molecule has 0 unspecified atom stereocenters. The van der Waals surface area contributed by atoms with E-state index in [0.29, 0.717) is 17.1 Å². The summed E-state index contributed by atoms with van der Waals surface area (Å²) in [7, 11) is 0. The lowest BCUT2D eigenvalue weighted by atomic mass is 9.82. The molecule has 2 aromatic rings. The summed E-state index contributed by atoms with van der Waals surface area (Å²) in [5.74, 6) is -2.12. The van der Waals surface area contributed by atoms with Gasteiger partial charge < -0.3 is 15.4 Å². The Morgan fingerprint density at radius 2 is 1.53 bits per heavy atom. The molecule has 4 amide bonds. The highest BCUT2D eigenvalue weighted by molar-refractivity contribution is 6.23. The van der Waals surface area contributed by atoms with Gasteiger partial charge in [0.1, 0.15) is 0 Å². The molecule has 2 N–H and O–H groups in total. The predicted molar refractivity (Wildman–Crippen MR) is 131 cm³/mol. The van der Waals surface area contributed by atoms with Gasteiger partial charge in [-0.2, -0.15) is 0 Å². The molecule has 1 aliphatic heterocycles. The summed E-state index contributed by atoms with van der Waals surface area (Å²) >= 11 is 0. The second-order valence-electron chi connectivity index (χ2n) is 9.41. The van der Waals surface area contributed by atoms with Crippen LogP contribution in [0.15, 0.2) is 60.2 Å². The summed E-state index contributed by atoms with van der Waals surface area (Å²) in [5, 5.41) is 5.23. The summed E-state index contributed by atoms with van der Waals surface area (Å²) in [4.78, 5) is 63.0. The maximum atomic E-state index is 13.1. The number of carbonyl (C=O) groups excluding carboxylic acids is 5. The smallest absolute Gasteiger partial charge is 0.338 e. The highest BCUT2D eigenvalue weighted by Gasteiger charge is 2.60. The molecule has 9 heteroatoms. The Morgan fingerprint density at radius 1 is 0.917 bits per heavy atom. The molecule has 1 saturated carbocycles. The number of esters is 1. The molecule has 2 bridgehead atoms. The molecule has 1 heterocycles. The summed E-state index contributed by atoms with van der Waals surface area (Å²) in [6.07, 6.45) is 2.99. The molecule has 5 rings (SSSR count). The number of hydrogen-bond donors (Lipinski definition) is 2. The number of hydrogen-bond acceptors (Lipinski definition) is 6. The molecule has 2 fully saturated rings. The molecular formula is C27H25N3O6. The van der Waals surface area contributed by atoms with Gasteiger partial charge in [0.05, 0.1) is 23.1 Å². The van der Waals surface area contributed by atoms with Crippen LogP contribution in [0.1, 0.15) is 30.6 Å². The Balaban J connectivity index is 1.16. The van der Waals surface area contributed by atoms with Crippen molar-refractivity contribution in [3.63, 3.8) is 0 Å². The zero-order chi connectivity index (χ0) is 25.6. The highest BCUT2D eigenvalue weighted by Crippen LogP contribution is 2.55. The van der Waals surface area contributed by atoms with E-state index in [1.165, 1.54) is 29.5 Å². The third kappa shape index (κ3) is 4.17. The van der Waals surface area contributed by atoms with Gasteiger partial charge in [-0.25, -0.2) is 4.79 Å². The van der Waals surface area contributed by atoms with Crippen molar-refractivity contribution in [3.8, 4) is 0 Å². The molecule has 0 spiro atoms. The Kier molecular flexibility index (Phi) is 5.91. The van der Waals surface area contributed by atoms with Crippen molar-refractivity contribution in [1.29, 1.82) is 0 Å². The predicted octanol–water partition coefficient (Wildman–Crippen LogP) is 3.14. The molecule has 1 saturated heterocycles. The van der Waals surface area contributed by atoms with E-state index in [-0.39, 0.29) is 47.0 Å². The number of nitrogens with one attached hydrogen (secondary N) is 2. The van der Waals surface area contributed by atoms with Gasteiger partial charge in [-0.1, -0.05) is 11.6 Å². The minimum atomic E-state index is -0.702. The van der Waals surface area contributed by atoms with E-state index >= 15 is 0 Å². The van der Waals surface area contributed by atoms with Crippen LogP contribution in [0.2, 0.25) is 0 Å². The number of amides is 4. The molecule has 2 aromatic carbocycles. The summed E-state index contributed by atoms with van der Waals surface area (Å²) in [6.45, 7) is 2.93. The van der Waals surface area contributed by atoms with E-state index < -0.39 is 18.5 Å². The van der Waals surface area contributed by atoms with E-state index in [9.17, 15) is 24.0 Å². The molecular weight excluding hydrogens is 462 g/mol. The molecule has 184 valence electrons. The van der Waals surface area contributed by atoms with E-state index in [2.05, 4.69) is 16.7 Å². The normalized spacial score (nSPS) is 23.8. The Labute approximate surface area is 207 Å². The quantitative estimate of drug-likeness (QED) is 0.367. The van der Waals surface area contributed by atoms with Crippen molar-refractivity contribution in [2.24, 2.45) is 23.7 Å². The zero-order valence-electron chi connectivity index (χ0n) is 19.8. The monoisotopic (exact) mass is 487 g/mol. The number of benzene rings is 2. The lowest BCUT2D eigenvalue weighted by molar-refractivity contribution is -0.123. The van der Waals surface area contributed by atoms with Crippen LogP contribution in [-0.4, -0.2) is 36.2 Å². The lowest BCUT2D eigenvalue weighted by Gasteiger charge is -2.19. The average molecular weight is 488 g/mol. The van der Waals surface area contributed by atoms with Crippen LogP contribution in [0.4, 0.5) is 17.1 Å².